The molecule has 0 aliphatic rings. The Morgan fingerprint density at radius 2 is 1.50 bits per heavy atom. The SMILES string of the molecule is COc1ccccc1CNC(=O)[C@@H](c1ccccc1)N(Cc1ccccc1)C(C)=O. The number of hydrogen-bond donors (Lipinski definition) is 1. The fourth-order valence-electron chi connectivity index (χ4n) is 3.40. The zero-order chi connectivity index (χ0) is 21.3. The van der Waals surface area contributed by atoms with Gasteiger partial charge in [-0.15, -0.1) is 0 Å². The van der Waals surface area contributed by atoms with Crippen molar-refractivity contribution in [3.05, 3.63) is 102 Å². The highest BCUT2D eigenvalue weighted by molar-refractivity contribution is 5.88. The van der Waals surface area contributed by atoms with Crippen LogP contribution >= 0.6 is 0 Å². The Hall–Kier alpha value is -3.60. The maximum atomic E-state index is 13.3. The van der Waals surface area contributed by atoms with Crippen LogP contribution in [0.15, 0.2) is 84.9 Å². The second-order valence-electron chi connectivity index (χ2n) is 6.98. The summed E-state index contributed by atoms with van der Waals surface area (Å²) in [6, 6.07) is 25.9. The molecule has 154 valence electrons. The second kappa shape index (κ2) is 10.3. The lowest BCUT2D eigenvalue weighted by Crippen LogP contribution is -2.42. The molecule has 3 aromatic rings. The normalized spacial score (nSPS) is 11.4. The molecular formula is C25H26N2O3. The first-order valence-corrected chi connectivity index (χ1v) is 9.86. The lowest BCUT2D eigenvalue weighted by Gasteiger charge is -2.30. The molecule has 0 heterocycles. The van der Waals surface area contributed by atoms with E-state index in [0.717, 1.165) is 16.7 Å². The summed E-state index contributed by atoms with van der Waals surface area (Å²) in [4.78, 5) is 27.5. The van der Waals surface area contributed by atoms with Gasteiger partial charge in [0.2, 0.25) is 11.8 Å². The number of nitrogens with one attached hydrogen (secondary N) is 1. The van der Waals surface area contributed by atoms with Crippen molar-refractivity contribution >= 4 is 11.8 Å². The maximum Gasteiger partial charge on any atom is 0.247 e. The highest BCUT2D eigenvalue weighted by Crippen LogP contribution is 2.24. The van der Waals surface area contributed by atoms with Gasteiger partial charge in [0.05, 0.1) is 7.11 Å². The van der Waals surface area contributed by atoms with Crippen molar-refractivity contribution in [2.24, 2.45) is 0 Å². The molecular weight excluding hydrogens is 376 g/mol. The van der Waals surface area contributed by atoms with Crippen molar-refractivity contribution < 1.29 is 14.3 Å². The van der Waals surface area contributed by atoms with E-state index in [1.54, 1.807) is 12.0 Å². The average molecular weight is 402 g/mol. The van der Waals surface area contributed by atoms with E-state index in [0.29, 0.717) is 18.8 Å². The molecule has 1 N–H and O–H groups in total. The lowest BCUT2D eigenvalue weighted by molar-refractivity contribution is -0.140. The molecule has 3 rings (SSSR count). The van der Waals surface area contributed by atoms with Crippen molar-refractivity contribution in [1.29, 1.82) is 0 Å². The minimum absolute atomic E-state index is 0.167. The molecule has 0 saturated heterocycles. The summed E-state index contributed by atoms with van der Waals surface area (Å²) in [7, 11) is 1.60. The van der Waals surface area contributed by atoms with Crippen LogP contribution in [-0.2, 0) is 22.7 Å². The predicted molar refractivity (Wildman–Crippen MR) is 117 cm³/mol. The number of rotatable bonds is 8. The highest BCUT2D eigenvalue weighted by atomic mass is 16.5. The van der Waals surface area contributed by atoms with Crippen molar-refractivity contribution in [2.75, 3.05) is 7.11 Å². The van der Waals surface area contributed by atoms with Crippen LogP contribution in [-0.4, -0.2) is 23.8 Å². The van der Waals surface area contributed by atoms with Gasteiger partial charge in [0, 0.05) is 25.6 Å². The summed E-state index contributed by atoms with van der Waals surface area (Å²) in [5, 5.41) is 2.98. The van der Waals surface area contributed by atoms with Gasteiger partial charge in [-0.2, -0.15) is 0 Å². The van der Waals surface area contributed by atoms with Gasteiger partial charge in [0.1, 0.15) is 11.8 Å². The van der Waals surface area contributed by atoms with Gasteiger partial charge in [0.25, 0.3) is 0 Å². The van der Waals surface area contributed by atoms with Crippen LogP contribution in [0.25, 0.3) is 0 Å². The average Bonchev–Trinajstić information content (AvgIpc) is 2.78. The molecule has 0 aliphatic carbocycles. The van der Waals surface area contributed by atoms with E-state index < -0.39 is 6.04 Å². The van der Waals surface area contributed by atoms with Crippen molar-refractivity contribution in [1.82, 2.24) is 10.2 Å². The zero-order valence-electron chi connectivity index (χ0n) is 17.2. The fourth-order valence-corrected chi connectivity index (χ4v) is 3.40. The van der Waals surface area contributed by atoms with E-state index in [2.05, 4.69) is 5.32 Å². The highest BCUT2D eigenvalue weighted by Gasteiger charge is 2.29. The van der Waals surface area contributed by atoms with Crippen LogP contribution in [0.2, 0.25) is 0 Å². The van der Waals surface area contributed by atoms with E-state index >= 15 is 0 Å². The molecule has 2 amide bonds. The van der Waals surface area contributed by atoms with Gasteiger partial charge in [-0.1, -0.05) is 78.9 Å². The van der Waals surface area contributed by atoms with Gasteiger partial charge in [-0.05, 0) is 17.2 Å². The molecule has 0 aliphatic heterocycles. The molecule has 5 nitrogen and oxygen atoms in total. The standard InChI is InChI=1S/C25H26N2O3/c1-19(28)27(18-20-11-5-3-6-12-20)24(21-13-7-4-8-14-21)25(29)26-17-22-15-9-10-16-23(22)30-2/h3-16,24H,17-18H2,1-2H3,(H,26,29)/t24-/m1/s1. The third kappa shape index (κ3) is 5.26. The summed E-state index contributed by atoms with van der Waals surface area (Å²) in [5.41, 5.74) is 2.60. The number of carbonyl (C=O) groups is 2. The van der Waals surface area contributed by atoms with Crippen LogP contribution in [0.3, 0.4) is 0 Å². The summed E-state index contributed by atoms with van der Waals surface area (Å²) >= 11 is 0. The molecule has 1 atom stereocenters. The Morgan fingerprint density at radius 1 is 0.900 bits per heavy atom. The lowest BCUT2D eigenvalue weighted by atomic mass is 10.0. The van der Waals surface area contributed by atoms with Crippen molar-refractivity contribution in [3.8, 4) is 5.75 Å². The monoisotopic (exact) mass is 402 g/mol. The predicted octanol–water partition coefficient (Wildman–Crippen LogP) is 4.10. The van der Waals surface area contributed by atoms with Crippen LogP contribution in [0.1, 0.15) is 29.7 Å². The number of carbonyl (C=O) groups excluding carboxylic acids is 2. The number of amides is 2. The van der Waals surface area contributed by atoms with Gasteiger partial charge < -0.3 is 15.0 Å². The molecule has 0 bridgehead atoms. The minimum Gasteiger partial charge on any atom is -0.496 e. The van der Waals surface area contributed by atoms with Crippen molar-refractivity contribution in [3.63, 3.8) is 0 Å². The Labute approximate surface area is 177 Å². The summed E-state index contributed by atoms with van der Waals surface area (Å²) in [5.74, 6) is 0.306. The van der Waals surface area contributed by atoms with Crippen LogP contribution < -0.4 is 10.1 Å². The first-order valence-electron chi connectivity index (χ1n) is 9.86. The molecule has 0 fully saturated rings. The molecule has 5 heteroatoms. The quantitative estimate of drug-likeness (QED) is 0.617. The van der Waals surface area contributed by atoms with E-state index in [9.17, 15) is 9.59 Å². The van der Waals surface area contributed by atoms with Crippen molar-refractivity contribution in [2.45, 2.75) is 26.1 Å². The van der Waals surface area contributed by atoms with Gasteiger partial charge >= 0.3 is 0 Å². The number of methoxy groups -OCH3 is 1. The molecule has 3 aromatic carbocycles. The van der Waals surface area contributed by atoms with Crippen LogP contribution in [0.4, 0.5) is 0 Å². The third-order valence-corrected chi connectivity index (χ3v) is 4.92. The molecule has 0 aromatic heterocycles. The van der Waals surface area contributed by atoms with E-state index in [4.69, 9.17) is 4.74 Å². The maximum absolute atomic E-state index is 13.3. The van der Waals surface area contributed by atoms with E-state index in [1.165, 1.54) is 6.92 Å². The summed E-state index contributed by atoms with van der Waals surface area (Å²) < 4.78 is 5.37. The van der Waals surface area contributed by atoms with Crippen LogP contribution in [0.5, 0.6) is 5.75 Å². The number of nitrogens with zero attached hydrogens (tertiary/aromatic N) is 1. The Balaban J connectivity index is 1.87. The Kier molecular flexibility index (Phi) is 7.22. The van der Waals surface area contributed by atoms with Gasteiger partial charge in [-0.3, -0.25) is 9.59 Å². The molecule has 30 heavy (non-hydrogen) atoms. The minimum atomic E-state index is -0.737. The number of ether oxygens (including phenoxy) is 1. The van der Waals surface area contributed by atoms with Gasteiger partial charge in [-0.25, -0.2) is 0 Å². The topological polar surface area (TPSA) is 58.6 Å². The Morgan fingerprint density at radius 3 is 2.13 bits per heavy atom. The van der Waals surface area contributed by atoms with Crippen LogP contribution in [0, 0.1) is 0 Å². The second-order valence-corrected chi connectivity index (χ2v) is 6.98. The smallest absolute Gasteiger partial charge is 0.247 e. The molecule has 0 spiro atoms. The molecule has 0 radical (unpaired) electrons. The number of hydrogen-bond acceptors (Lipinski definition) is 3. The van der Waals surface area contributed by atoms with E-state index in [-0.39, 0.29) is 11.8 Å². The summed E-state index contributed by atoms with van der Waals surface area (Å²) in [6.45, 7) is 2.15. The zero-order valence-corrected chi connectivity index (χ0v) is 17.2. The number of benzene rings is 3. The Bertz CT molecular complexity index is 974. The largest absolute Gasteiger partial charge is 0.496 e. The summed E-state index contributed by atoms with van der Waals surface area (Å²) in [6.07, 6.45) is 0. The first kappa shape index (κ1) is 21.1. The van der Waals surface area contributed by atoms with E-state index in [1.807, 2.05) is 84.9 Å². The third-order valence-electron chi connectivity index (χ3n) is 4.92. The molecule has 0 unspecified atom stereocenters. The van der Waals surface area contributed by atoms with Gasteiger partial charge in [0.15, 0.2) is 0 Å². The fraction of sp³-hybridized carbons (Fsp3) is 0.200. The number of para-hydroxylation sites is 1. The molecule has 0 saturated carbocycles. The first-order chi connectivity index (χ1) is 14.6.